The smallest absolute Gasteiger partial charge is 0.279 e. The molecule has 1 atom stereocenters. The lowest BCUT2D eigenvalue weighted by atomic mass is 10.1. The first-order valence-corrected chi connectivity index (χ1v) is 8.21. The van der Waals surface area contributed by atoms with E-state index in [9.17, 15) is 14.4 Å². The maximum absolute atomic E-state index is 12.1. The molecule has 2 aromatic rings. The van der Waals surface area contributed by atoms with E-state index >= 15 is 0 Å². The summed E-state index contributed by atoms with van der Waals surface area (Å²) in [5.74, 6) is 0.385. The summed E-state index contributed by atoms with van der Waals surface area (Å²) in [6, 6.07) is 11.1. The number of hydrazine groups is 1. The third-order valence-electron chi connectivity index (χ3n) is 3.88. The van der Waals surface area contributed by atoms with Crippen LogP contribution in [-0.2, 0) is 4.79 Å². The number of nitrogens with one attached hydrogen (secondary N) is 2. The molecule has 0 radical (unpaired) electrons. The third kappa shape index (κ3) is 4.35. The van der Waals surface area contributed by atoms with Gasteiger partial charge in [-0.3, -0.25) is 25.2 Å². The van der Waals surface area contributed by atoms with Gasteiger partial charge in [-0.2, -0.15) is 0 Å². The monoisotopic (exact) mass is 370 g/mol. The molecule has 140 valence electrons. The zero-order valence-corrected chi connectivity index (χ0v) is 14.8. The number of hydrogen-bond donors (Lipinski definition) is 2. The summed E-state index contributed by atoms with van der Waals surface area (Å²) in [5.41, 5.74) is 5.49. The van der Waals surface area contributed by atoms with Crippen LogP contribution in [0.3, 0.4) is 0 Å². The van der Waals surface area contributed by atoms with Crippen molar-refractivity contribution < 1.29 is 28.6 Å². The van der Waals surface area contributed by atoms with E-state index < -0.39 is 17.9 Å². The Kier molecular flexibility index (Phi) is 5.25. The Labute approximate surface area is 155 Å². The molecule has 8 nitrogen and oxygen atoms in total. The average molecular weight is 370 g/mol. The van der Waals surface area contributed by atoms with Gasteiger partial charge in [-0.15, -0.1) is 0 Å². The first-order chi connectivity index (χ1) is 12.9. The molecule has 1 heterocycles. The second-order valence-corrected chi connectivity index (χ2v) is 5.85. The van der Waals surface area contributed by atoms with Gasteiger partial charge in [0.15, 0.2) is 23.4 Å². The number of Topliss-reactive ketones (excluding diaryl/α,β-unsaturated/α-hetero) is 1. The highest BCUT2D eigenvalue weighted by atomic mass is 16.7. The number of ether oxygens (including phenoxy) is 3. The van der Waals surface area contributed by atoms with E-state index in [0.717, 1.165) is 0 Å². The van der Waals surface area contributed by atoms with Gasteiger partial charge in [-0.05, 0) is 56.3 Å². The van der Waals surface area contributed by atoms with Crippen molar-refractivity contribution in [3.8, 4) is 17.2 Å². The molecule has 0 fully saturated rings. The number of amides is 2. The van der Waals surface area contributed by atoms with Crippen LogP contribution in [0.1, 0.15) is 34.6 Å². The van der Waals surface area contributed by atoms with E-state index in [1.165, 1.54) is 13.0 Å². The standard InChI is InChI=1S/C19H18N2O6/c1-11(22)13-3-6-15(7-4-13)27-12(2)18(23)20-21-19(24)14-5-8-16-17(9-14)26-10-25-16/h3-9,12H,10H2,1-2H3,(H,20,23)(H,21,24). The summed E-state index contributed by atoms with van der Waals surface area (Å²) < 4.78 is 15.9. The molecule has 8 heteroatoms. The molecule has 27 heavy (non-hydrogen) atoms. The Morgan fingerprint density at radius 1 is 0.963 bits per heavy atom. The van der Waals surface area contributed by atoms with Crippen molar-refractivity contribution in [2.24, 2.45) is 0 Å². The minimum absolute atomic E-state index is 0.0569. The van der Waals surface area contributed by atoms with E-state index in [1.54, 1.807) is 43.3 Å². The number of ketones is 1. The molecular weight excluding hydrogens is 352 g/mol. The lowest BCUT2D eigenvalue weighted by Crippen LogP contribution is -2.47. The Hall–Kier alpha value is -3.55. The largest absolute Gasteiger partial charge is 0.481 e. The molecule has 3 rings (SSSR count). The summed E-state index contributed by atoms with van der Waals surface area (Å²) in [7, 11) is 0. The highest BCUT2D eigenvalue weighted by Gasteiger charge is 2.18. The van der Waals surface area contributed by atoms with Crippen molar-refractivity contribution in [2.75, 3.05) is 6.79 Å². The first kappa shape index (κ1) is 18.2. The van der Waals surface area contributed by atoms with Crippen LogP contribution in [0.15, 0.2) is 42.5 Å². The first-order valence-electron chi connectivity index (χ1n) is 8.21. The summed E-state index contributed by atoms with van der Waals surface area (Å²) in [6.07, 6.45) is -0.856. The van der Waals surface area contributed by atoms with E-state index in [-0.39, 0.29) is 12.6 Å². The quantitative estimate of drug-likeness (QED) is 0.615. The molecule has 2 aromatic carbocycles. The van der Waals surface area contributed by atoms with Gasteiger partial charge in [-0.1, -0.05) is 0 Å². The average Bonchev–Trinajstić information content (AvgIpc) is 3.13. The zero-order valence-electron chi connectivity index (χ0n) is 14.8. The molecule has 1 unspecified atom stereocenters. The topological polar surface area (TPSA) is 103 Å². The van der Waals surface area contributed by atoms with Crippen LogP contribution in [0.2, 0.25) is 0 Å². The summed E-state index contributed by atoms with van der Waals surface area (Å²) >= 11 is 0. The molecule has 2 N–H and O–H groups in total. The molecule has 0 aliphatic carbocycles. The Balaban J connectivity index is 1.52. The second kappa shape index (κ2) is 7.77. The maximum Gasteiger partial charge on any atom is 0.279 e. The van der Waals surface area contributed by atoms with E-state index in [4.69, 9.17) is 14.2 Å². The summed E-state index contributed by atoms with van der Waals surface area (Å²) in [4.78, 5) is 35.5. The molecule has 0 saturated carbocycles. The molecule has 1 aliphatic heterocycles. The van der Waals surface area contributed by atoms with Gasteiger partial charge in [0, 0.05) is 11.1 Å². The van der Waals surface area contributed by atoms with Gasteiger partial charge in [0.2, 0.25) is 6.79 Å². The van der Waals surface area contributed by atoms with Crippen molar-refractivity contribution in [3.63, 3.8) is 0 Å². The SMILES string of the molecule is CC(=O)c1ccc(OC(C)C(=O)NNC(=O)c2ccc3c(c2)OCO3)cc1. The molecule has 0 saturated heterocycles. The molecule has 2 amide bonds. The van der Waals surface area contributed by atoms with Crippen LogP contribution in [0.4, 0.5) is 0 Å². The van der Waals surface area contributed by atoms with Crippen LogP contribution < -0.4 is 25.1 Å². The van der Waals surface area contributed by atoms with E-state index in [1.807, 2.05) is 0 Å². The lowest BCUT2D eigenvalue weighted by molar-refractivity contribution is -0.128. The fourth-order valence-corrected chi connectivity index (χ4v) is 2.36. The molecule has 0 spiro atoms. The highest BCUT2D eigenvalue weighted by Crippen LogP contribution is 2.32. The van der Waals surface area contributed by atoms with Crippen LogP contribution in [0, 0.1) is 0 Å². The van der Waals surface area contributed by atoms with Gasteiger partial charge in [0.05, 0.1) is 0 Å². The number of benzene rings is 2. The van der Waals surface area contributed by atoms with E-state index in [2.05, 4.69) is 10.9 Å². The van der Waals surface area contributed by atoms with Gasteiger partial charge >= 0.3 is 0 Å². The van der Waals surface area contributed by atoms with Crippen molar-refractivity contribution in [1.29, 1.82) is 0 Å². The molecule has 1 aliphatic rings. The number of carbonyl (C=O) groups is 3. The third-order valence-corrected chi connectivity index (χ3v) is 3.88. The minimum Gasteiger partial charge on any atom is -0.481 e. The van der Waals surface area contributed by atoms with Crippen LogP contribution in [-0.4, -0.2) is 30.5 Å². The van der Waals surface area contributed by atoms with Gasteiger partial charge in [0.1, 0.15) is 5.75 Å². The predicted molar refractivity (Wildman–Crippen MR) is 94.7 cm³/mol. The van der Waals surface area contributed by atoms with Gasteiger partial charge < -0.3 is 14.2 Å². The predicted octanol–water partition coefficient (Wildman–Crippen LogP) is 1.85. The van der Waals surface area contributed by atoms with Gasteiger partial charge in [-0.25, -0.2) is 0 Å². The van der Waals surface area contributed by atoms with Crippen LogP contribution in [0.5, 0.6) is 17.2 Å². The normalized spacial score (nSPS) is 12.8. The number of carbonyl (C=O) groups excluding carboxylic acids is 3. The Bertz CT molecular complexity index is 878. The highest BCUT2D eigenvalue weighted by molar-refractivity contribution is 5.96. The van der Waals surface area contributed by atoms with Crippen molar-refractivity contribution in [1.82, 2.24) is 10.9 Å². The second-order valence-electron chi connectivity index (χ2n) is 5.85. The number of rotatable bonds is 5. The minimum atomic E-state index is -0.856. The van der Waals surface area contributed by atoms with Crippen LogP contribution in [0.25, 0.3) is 0 Å². The molecular formula is C19H18N2O6. The van der Waals surface area contributed by atoms with Crippen molar-refractivity contribution in [3.05, 3.63) is 53.6 Å². The van der Waals surface area contributed by atoms with Crippen LogP contribution >= 0.6 is 0 Å². The molecule has 0 aromatic heterocycles. The number of fused-ring (bicyclic) bond motifs is 1. The fourth-order valence-electron chi connectivity index (χ4n) is 2.36. The van der Waals surface area contributed by atoms with E-state index in [0.29, 0.717) is 28.4 Å². The molecule has 0 bridgehead atoms. The Morgan fingerprint density at radius 3 is 2.33 bits per heavy atom. The van der Waals surface area contributed by atoms with Gasteiger partial charge in [0.25, 0.3) is 11.8 Å². The van der Waals surface area contributed by atoms with Crippen molar-refractivity contribution >= 4 is 17.6 Å². The summed E-state index contributed by atoms with van der Waals surface area (Å²) in [6.45, 7) is 3.12. The fraction of sp³-hybridized carbons (Fsp3) is 0.211. The zero-order chi connectivity index (χ0) is 19.4. The maximum atomic E-state index is 12.1. The Morgan fingerprint density at radius 2 is 1.63 bits per heavy atom. The number of hydrogen-bond acceptors (Lipinski definition) is 6. The van der Waals surface area contributed by atoms with Crippen molar-refractivity contribution in [2.45, 2.75) is 20.0 Å². The summed E-state index contributed by atoms with van der Waals surface area (Å²) in [5, 5.41) is 0. The lowest BCUT2D eigenvalue weighted by Gasteiger charge is -2.15.